The van der Waals surface area contributed by atoms with Gasteiger partial charge in [-0.3, -0.25) is 0 Å². The molecule has 18 heavy (non-hydrogen) atoms. The third-order valence-corrected chi connectivity index (χ3v) is 2.02. The number of esters is 1. The van der Waals surface area contributed by atoms with Gasteiger partial charge in [-0.25, -0.2) is 14.4 Å². The summed E-state index contributed by atoms with van der Waals surface area (Å²) in [5, 5.41) is 22.1. The molecule has 104 valence electrons. The highest BCUT2D eigenvalue weighted by molar-refractivity contribution is 5.86. The Kier molecular flexibility index (Phi) is 6.73. The maximum Gasteiger partial charge on any atom is 0.328 e. The Bertz CT molecular complexity index is 317. The molecule has 0 aromatic heterocycles. The molecule has 0 spiro atoms. The first-order valence-corrected chi connectivity index (χ1v) is 5.44. The fourth-order valence-electron chi connectivity index (χ4n) is 1.09. The minimum absolute atomic E-state index is 0.178. The highest BCUT2D eigenvalue weighted by Crippen LogP contribution is 1.94. The highest BCUT2D eigenvalue weighted by Gasteiger charge is 2.26. The lowest BCUT2D eigenvalue weighted by molar-refractivity contribution is -0.144. The molecule has 3 atom stereocenters. The number of carboxylic acids is 1. The summed E-state index contributed by atoms with van der Waals surface area (Å²) in [4.78, 5) is 33.3. The Hall–Kier alpha value is -1.83. The van der Waals surface area contributed by atoms with Crippen molar-refractivity contribution in [2.75, 3.05) is 6.61 Å². The molecule has 2 amide bonds. The van der Waals surface area contributed by atoms with Gasteiger partial charge in [0.2, 0.25) is 0 Å². The molecule has 4 N–H and O–H groups in total. The van der Waals surface area contributed by atoms with Gasteiger partial charge in [0.15, 0.2) is 6.04 Å². The van der Waals surface area contributed by atoms with Gasteiger partial charge in [-0.05, 0) is 20.8 Å². The van der Waals surface area contributed by atoms with Crippen LogP contribution >= 0.6 is 0 Å². The van der Waals surface area contributed by atoms with Gasteiger partial charge in [-0.15, -0.1) is 0 Å². The molecule has 0 aromatic rings. The Morgan fingerprint density at radius 3 is 2.17 bits per heavy atom. The molecule has 0 saturated carbocycles. The highest BCUT2D eigenvalue weighted by atomic mass is 16.5. The van der Waals surface area contributed by atoms with Gasteiger partial charge in [0, 0.05) is 0 Å². The zero-order chi connectivity index (χ0) is 14.3. The molecule has 8 heteroatoms. The van der Waals surface area contributed by atoms with Crippen LogP contribution in [0, 0.1) is 0 Å². The van der Waals surface area contributed by atoms with E-state index in [0.29, 0.717) is 0 Å². The number of aliphatic hydroxyl groups is 1. The number of carbonyl (C=O) groups is 3. The molecule has 8 nitrogen and oxygen atoms in total. The van der Waals surface area contributed by atoms with Gasteiger partial charge in [0.05, 0.1) is 12.7 Å². The summed E-state index contributed by atoms with van der Waals surface area (Å²) in [6.07, 6.45) is -1.26. The Morgan fingerprint density at radius 1 is 1.22 bits per heavy atom. The van der Waals surface area contributed by atoms with Crippen LogP contribution in [0.1, 0.15) is 20.8 Å². The maximum atomic E-state index is 11.4. The first kappa shape index (κ1) is 16.2. The van der Waals surface area contributed by atoms with E-state index in [0.717, 1.165) is 0 Å². The number of amides is 2. The average Bonchev–Trinajstić information content (AvgIpc) is 2.25. The molecule has 0 aromatic carbocycles. The SMILES string of the molecule is CCOC(=O)C(C)NC(=O)N[C@H](C(=O)O)[C@@H](C)O. The molecule has 0 aliphatic heterocycles. The number of rotatable bonds is 6. The summed E-state index contributed by atoms with van der Waals surface area (Å²) in [5.41, 5.74) is 0. The lowest BCUT2D eigenvalue weighted by Gasteiger charge is -2.19. The van der Waals surface area contributed by atoms with E-state index in [-0.39, 0.29) is 6.61 Å². The Morgan fingerprint density at radius 2 is 1.78 bits per heavy atom. The second kappa shape index (κ2) is 7.49. The quantitative estimate of drug-likeness (QED) is 0.458. The largest absolute Gasteiger partial charge is 0.480 e. The third-order valence-electron chi connectivity index (χ3n) is 2.02. The van der Waals surface area contributed by atoms with Crippen LogP contribution in [0.3, 0.4) is 0 Å². The van der Waals surface area contributed by atoms with E-state index < -0.39 is 36.2 Å². The summed E-state index contributed by atoms with van der Waals surface area (Å²) in [6.45, 7) is 4.43. The summed E-state index contributed by atoms with van der Waals surface area (Å²) in [6, 6.07) is -3.23. The van der Waals surface area contributed by atoms with E-state index in [2.05, 4.69) is 10.1 Å². The number of nitrogens with one attached hydrogen (secondary N) is 2. The zero-order valence-electron chi connectivity index (χ0n) is 10.5. The predicted molar refractivity (Wildman–Crippen MR) is 60.9 cm³/mol. The van der Waals surface area contributed by atoms with Crippen LogP contribution in [0.5, 0.6) is 0 Å². The number of aliphatic hydroxyl groups excluding tert-OH is 1. The second-order valence-corrected chi connectivity index (χ2v) is 3.65. The van der Waals surface area contributed by atoms with Crippen molar-refractivity contribution >= 4 is 18.0 Å². The lowest BCUT2D eigenvalue weighted by Crippen LogP contribution is -2.53. The minimum atomic E-state index is -1.45. The van der Waals surface area contributed by atoms with Gasteiger partial charge in [-0.1, -0.05) is 0 Å². The van der Waals surface area contributed by atoms with Crippen molar-refractivity contribution in [2.24, 2.45) is 0 Å². The molecule has 0 aliphatic carbocycles. The van der Waals surface area contributed by atoms with Gasteiger partial charge >= 0.3 is 18.0 Å². The summed E-state index contributed by atoms with van der Waals surface area (Å²) < 4.78 is 4.66. The van der Waals surface area contributed by atoms with Gasteiger partial charge < -0.3 is 25.6 Å². The van der Waals surface area contributed by atoms with Crippen molar-refractivity contribution in [1.82, 2.24) is 10.6 Å². The fraction of sp³-hybridized carbons (Fsp3) is 0.700. The van der Waals surface area contributed by atoms with Crippen LogP contribution in [-0.4, -0.2) is 53.0 Å². The van der Waals surface area contributed by atoms with E-state index in [4.69, 9.17) is 10.2 Å². The van der Waals surface area contributed by atoms with E-state index in [1.165, 1.54) is 13.8 Å². The molecule has 1 unspecified atom stereocenters. The van der Waals surface area contributed by atoms with Crippen LogP contribution in [0.15, 0.2) is 0 Å². The Balaban J connectivity index is 4.33. The second-order valence-electron chi connectivity index (χ2n) is 3.65. The normalized spacial score (nSPS) is 15.1. The van der Waals surface area contributed by atoms with Crippen molar-refractivity contribution in [3.63, 3.8) is 0 Å². The van der Waals surface area contributed by atoms with Gasteiger partial charge in [0.1, 0.15) is 6.04 Å². The van der Waals surface area contributed by atoms with Crippen molar-refractivity contribution in [3.8, 4) is 0 Å². The monoisotopic (exact) mass is 262 g/mol. The molecule has 0 bridgehead atoms. The first-order valence-electron chi connectivity index (χ1n) is 5.44. The van der Waals surface area contributed by atoms with E-state index in [9.17, 15) is 14.4 Å². The summed E-state index contributed by atoms with van der Waals surface area (Å²) >= 11 is 0. The molecule has 0 fully saturated rings. The summed E-state index contributed by atoms with van der Waals surface area (Å²) in [5.74, 6) is -2.00. The van der Waals surface area contributed by atoms with Crippen molar-refractivity contribution < 1.29 is 29.3 Å². The van der Waals surface area contributed by atoms with Crippen molar-refractivity contribution in [2.45, 2.75) is 39.0 Å². The topological polar surface area (TPSA) is 125 Å². The maximum absolute atomic E-state index is 11.4. The smallest absolute Gasteiger partial charge is 0.328 e. The predicted octanol–water partition coefficient (Wildman–Crippen LogP) is -0.929. The Labute approximate surface area is 104 Å². The standard InChI is InChI=1S/C10H18N2O6/c1-4-18-9(16)5(2)11-10(17)12-7(6(3)13)8(14)15/h5-7,13H,4H2,1-3H3,(H,14,15)(H2,11,12,17)/t5?,6-,7+/m1/s1. The van der Waals surface area contributed by atoms with Crippen LogP contribution in [0.25, 0.3) is 0 Å². The number of ether oxygens (including phenoxy) is 1. The molecule has 0 aliphatic rings. The van der Waals surface area contributed by atoms with Crippen LogP contribution in [0.4, 0.5) is 4.79 Å². The number of hydrogen-bond donors (Lipinski definition) is 4. The zero-order valence-corrected chi connectivity index (χ0v) is 10.5. The van der Waals surface area contributed by atoms with Gasteiger partial charge in [-0.2, -0.15) is 0 Å². The molecular weight excluding hydrogens is 244 g/mol. The van der Waals surface area contributed by atoms with Gasteiger partial charge in [0.25, 0.3) is 0 Å². The number of aliphatic carboxylic acids is 1. The molecular formula is C10H18N2O6. The van der Waals surface area contributed by atoms with E-state index in [1.807, 2.05) is 5.32 Å². The fourth-order valence-corrected chi connectivity index (χ4v) is 1.09. The number of urea groups is 1. The third kappa shape index (κ3) is 5.48. The summed E-state index contributed by atoms with van der Waals surface area (Å²) in [7, 11) is 0. The number of carboxylic acid groups (broad SMARTS) is 1. The minimum Gasteiger partial charge on any atom is -0.480 e. The van der Waals surface area contributed by atoms with Crippen LogP contribution in [-0.2, 0) is 14.3 Å². The van der Waals surface area contributed by atoms with Crippen LogP contribution < -0.4 is 10.6 Å². The average molecular weight is 262 g/mol. The van der Waals surface area contributed by atoms with E-state index >= 15 is 0 Å². The number of carbonyl (C=O) groups excluding carboxylic acids is 2. The van der Waals surface area contributed by atoms with Crippen molar-refractivity contribution in [1.29, 1.82) is 0 Å². The molecule has 0 heterocycles. The molecule has 0 rings (SSSR count). The lowest BCUT2D eigenvalue weighted by atomic mass is 10.2. The van der Waals surface area contributed by atoms with Crippen LogP contribution in [0.2, 0.25) is 0 Å². The molecule has 0 radical (unpaired) electrons. The molecule has 0 saturated heterocycles. The van der Waals surface area contributed by atoms with Crippen molar-refractivity contribution in [3.05, 3.63) is 0 Å². The first-order chi connectivity index (χ1) is 8.29. The number of hydrogen-bond acceptors (Lipinski definition) is 5. The van der Waals surface area contributed by atoms with E-state index in [1.54, 1.807) is 6.92 Å².